The third kappa shape index (κ3) is 3.88. The van der Waals surface area contributed by atoms with E-state index in [1.807, 2.05) is 12.1 Å². The maximum absolute atomic E-state index is 14.2. The Bertz CT molecular complexity index is 1290. The maximum atomic E-state index is 14.2. The Morgan fingerprint density at radius 3 is 2.79 bits per heavy atom. The summed E-state index contributed by atoms with van der Waals surface area (Å²) in [6.07, 6.45) is 3.21. The zero-order chi connectivity index (χ0) is 23.3. The lowest BCUT2D eigenvalue weighted by Crippen LogP contribution is -2.48. The molecule has 1 aromatic carbocycles. The van der Waals surface area contributed by atoms with Gasteiger partial charge in [0.05, 0.1) is 17.0 Å². The Balaban J connectivity index is 1.33. The van der Waals surface area contributed by atoms with Crippen molar-refractivity contribution in [2.75, 3.05) is 0 Å². The van der Waals surface area contributed by atoms with E-state index in [0.29, 0.717) is 29.4 Å². The molecule has 9 heteroatoms. The van der Waals surface area contributed by atoms with Crippen LogP contribution in [-0.4, -0.2) is 44.0 Å². The van der Waals surface area contributed by atoms with Crippen molar-refractivity contribution < 1.29 is 18.8 Å². The molecule has 33 heavy (non-hydrogen) atoms. The fourth-order valence-electron chi connectivity index (χ4n) is 4.75. The van der Waals surface area contributed by atoms with Crippen LogP contribution >= 0.6 is 11.6 Å². The van der Waals surface area contributed by atoms with Crippen molar-refractivity contribution in [3.63, 3.8) is 0 Å². The average Bonchev–Trinajstić information content (AvgIpc) is 3.30. The van der Waals surface area contributed by atoms with E-state index in [2.05, 4.69) is 10.3 Å². The van der Waals surface area contributed by atoms with Gasteiger partial charge in [0.25, 0.3) is 0 Å². The molecule has 0 bridgehead atoms. The van der Waals surface area contributed by atoms with Crippen LogP contribution in [0, 0.1) is 11.7 Å². The number of carbonyl (C=O) groups is 3. The molecule has 1 N–H and O–H groups in total. The van der Waals surface area contributed by atoms with E-state index < -0.39 is 11.9 Å². The standard InChI is InChI=1S/C24H22ClFN4O3/c1-13(31)23-17-7-2-3-8-29(17)20(28-23)11-21(32)30-18-9-15(18)10-19(30)24(33)27-12-14-5-4-6-16(25)22(14)26/h2-8,15,18-19H,9-12H2,1H3,(H,27,33). The van der Waals surface area contributed by atoms with Crippen molar-refractivity contribution in [1.29, 1.82) is 0 Å². The lowest BCUT2D eigenvalue weighted by Gasteiger charge is -2.26. The van der Waals surface area contributed by atoms with Crippen molar-refractivity contribution >= 4 is 34.7 Å². The first-order valence-electron chi connectivity index (χ1n) is 10.8. The van der Waals surface area contributed by atoms with Crippen molar-refractivity contribution in [2.24, 2.45) is 5.92 Å². The smallest absolute Gasteiger partial charge is 0.243 e. The van der Waals surface area contributed by atoms with Crippen molar-refractivity contribution in [2.45, 2.75) is 44.8 Å². The first-order valence-corrected chi connectivity index (χ1v) is 11.2. The second-order valence-corrected chi connectivity index (χ2v) is 9.02. The summed E-state index contributed by atoms with van der Waals surface area (Å²) in [5.41, 5.74) is 1.26. The van der Waals surface area contributed by atoms with Crippen molar-refractivity contribution in [1.82, 2.24) is 19.6 Å². The zero-order valence-electron chi connectivity index (χ0n) is 17.9. The molecule has 2 amide bonds. The van der Waals surface area contributed by atoms with Crippen LogP contribution in [0.1, 0.15) is 41.6 Å². The molecule has 3 unspecified atom stereocenters. The SMILES string of the molecule is CC(=O)c1nc(CC(=O)N2C(C(=O)NCc3cccc(Cl)c3F)CC3CC32)n2ccccc12. The topological polar surface area (TPSA) is 83.8 Å². The van der Waals surface area contributed by atoms with Crippen LogP contribution in [0.2, 0.25) is 5.02 Å². The van der Waals surface area contributed by atoms with Gasteiger partial charge in [-0.15, -0.1) is 0 Å². The number of nitrogens with zero attached hydrogens (tertiary/aromatic N) is 3. The molecule has 3 heterocycles. The number of piperidine rings is 1. The molecule has 2 fully saturated rings. The number of pyridine rings is 1. The minimum absolute atomic E-state index is 0.00230. The molecule has 1 aliphatic carbocycles. The number of hydrogen-bond acceptors (Lipinski definition) is 4. The van der Waals surface area contributed by atoms with E-state index in [4.69, 9.17) is 11.6 Å². The van der Waals surface area contributed by atoms with Crippen molar-refractivity contribution in [3.05, 3.63) is 70.5 Å². The van der Waals surface area contributed by atoms with Gasteiger partial charge >= 0.3 is 0 Å². The third-order valence-electron chi connectivity index (χ3n) is 6.44. The lowest BCUT2D eigenvalue weighted by molar-refractivity contribution is -0.139. The Hall–Kier alpha value is -3.26. The normalized spacial score (nSPS) is 21.2. The van der Waals surface area contributed by atoms with Gasteiger partial charge in [-0.05, 0) is 37.0 Å². The molecule has 3 aromatic rings. The van der Waals surface area contributed by atoms with Gasteiger partial charge in [-0.2, -0.15) is 0 Å². The van der Waals surface area contributed by atoms with Crippen LogP contribution in [0.15, 0.2) is 42.6 Å². The van der Waals surface area contributed by atoms with Crippen LogP contribution in [0.25, 0.3) is 5.52 Å². The van der Waals surface area contributed by atoms with Gasteiger partial charge in [-0.25, -0.2) is 9.37 Å². The number of Topliss-reactive ketones (excluding diaryl/α,β-unsaturated/α-hetero) is 1. The number of imidazole rings is 1. The zero-order valence-corrected chi connectivity index (χ0v) is 18.7. The third-order valence-corrected chi connectivity index (χ3v) is 6.74. The molecule has 170 valence electrons. The quantitative estimate of drug-likeness (QED) is 0.563. The Labute approximate surface area is 194 Å². The van der Waals surface area contributed by atoms with Gasteiger partial charge in [0, 0.05) is 31.3 Å². The van der Waals surface area contributed by atoms with Crippen LogP contribution in [-0.2, 0) is 22.6 Å². The predicted octanol–water partition coefficient (Wildman–Crippen LogP) is 3.18. The van der Waals surface area contributed by atoms with Gasteiger partial charge in [-0.3, -0.25) is 14.4 Å². The van der Waals surface area contributed by atoms with E-state index in [0.717, 1.165) is 6.42 Å². The molecular weight excluding hydrogens is 447 g/mol. The average molecular weight is 469 g/mol. The number of halogens is 2. The van der Waals surface area contributed by atoms with E-state index in [9.17, 15) is 18.8 Å². The summed E-state index contributed by atoms with van der Waals surface area (Å²) in [6.45, 7) is 1.44. The summed E-state index contributed by atoms with van der Waals surface area (Å²) in [6, 6.07) is 9.47. The van der Waals surface area contributed by atoms with Crippen LogP contribution in [0.5, 0.6) is 0 Å². The summed E-state index contributed by atoms with van der Waals surface area (Å²) < 4.78 is 15.9. The molecule has 1 aliphatic heterocycles. The highest BCUT2D eigenvalue weighted by Gasteiger charge is 2.55. The number of hydrogen-bond donors (Lipinski definition) is 1. The van der Waals surface area contributed by atoms with Gasteiger partial charge in [0.15, 0.2) is 5.78 Å². The summed E-state index contributed by atoms with van der Waals surface area (Å²) in [7, 11) is 0. The number of rotatable bonds is 6. The molecule has 1 saturated carbocycles. The molecule has 7 nitrogen and oxygen atoms in total. The summed E-state index contributed by atoms with van der Waals surface area (Å²) in [5, 5.41) is 2.75. The molecule has 5 rings (SSSR count). The Kier molecular flexibility index (Phi) is 5.40. The number of fused-ring (bicyclic) bond motifs is 2. The molecule has 2 aliphatic rings. The van der Waals surface area contributed by atoms with E-state index in [1.54, 1.807) is 33.7 Å². The van der Waals surface area contributed by atoms with E-state index in [1.165, 1.54) is 13.0 Å². The largest absolute Gasteiger partial charge is 0.350 e. The highest BCUT2D eigenvalue weighted by atomic mass is 35.5. The number of nitrogens with one attached hydrogen (secondary N) is 1. The van der Waals surface area contributed by atoms with Crippen LogP contribution in [0.4, 0.5) is 4.39 Å². The maximum Gasteiger partial charge on any atom is 0.243 e. The second kappa shape index (κ2) is 8.26. The number of ketones is 1. The fraction of sp³-hybridized carbons (Fsp3) is 0.333. The molecule has 3 atom stereocenters. The molecule has 0 spiro atoms. The van der Waals surface area contributed by atoms with Gasteiger partial charge in [0.1, 0.15) is 23.4 Å². The molecule has 2 aromatic heterocycles. The number of benzene rings is 1. The minimum atomic E-state index is -0.609. The molecular formula is C24H22ClFN4O3. The van der Waals surface area contributed by atoms with Crippen LogP contribution in [0.3, 0.4) is 0 Å². The van der Waals surface area contributed by atoms with Crippen molar-refractivity contribution in [3.8, 4) is 0 Å². The number of likely N-dealkylation sites (tertiary alicyclic amines) is 1. The Morgan fingerprint density at radius 1 is 1.18 bits per heavy atom. The molecule has 1 saturated heterocycles. The first-order chi connectivity index (χ1) is 15.8. The molecule has 0 radical (unpaired) electrons. The minimum Gasteiger partial charge on any atom is -0.350 e. The second-order valence-electron chi connectivity index (χ2n) is 8.61. The summed E-state index contributed by atoms with van der Waals surface area (Å²) in [4.78, 5) is 44.3. The summed E-state index contributed by atoms with van der Waals surface area (Å²) >= 11 is 5.82. The number of aromatic nitrogens is 2. The monoisotopic (exact) mass is 468 g/mol. The highest BCUT2D eigenvalue weighted by molar-refractivity contribution is 6.30. The first kappa shape index (κ1) is 21.6. The number of amides is 2. The van der Waals surface area contributed by atoms with Gasteiger partial charge in [0.2, 0.25) is 11.8 Å². The van der Waals surface area contributed by atoms with Crippen LogP contribution < -0.4 is 5.32 Å². The Morgan fingerprint density at radius 2 is 2.00 bits per heavy atom. The highest BCUT2D eigenvalue weighted by Crippen LogP contribution is 2.48. The summed E-state index contributed by atoms with van der Waals surface area (Å²) in [5.74, 6) is -0.491. The van der Waals surface area contributed by atoms with E-state index in [-0.39, 0.29) is 47.2 Å². The predicted molar refractivity (Wildman–Crippen MR) is 119 cm³/mol. The lowest BCUT2D eigenvalue weighted by atomic mass is 10.1. The van der Waals surface area contributed by atoms with Gasteiger partial charge in [-0.1, -0.05) is 29.8 Å². The number of carbonyl (C=O) groups excluding carboxylic acids is 3. The van der Waals surface area contributed by atoms with E-state index >= 15 is 0 Å². The fourth-order valence-corrected chi connectivity index (χ4v) is 4.94. The van der Waals surface area contributed by atoms with Gasteiger partial charge < -0.3 is 14.6 Å².